The molecule has 150 valence electrons. The molecule has 0 saturated heterocycles. The van der Waals surface area contributed by atoms with E-state index in [1.807, 2.05) is 0 Å². The first kappa shape index (κ1) is 21.8. The number of carbonyl (C=O) groups is 2. The van der Waals surface area contributed by atoms with Crippen LogP contribution in [-0.2, 0) is 11.3 Å². The van der Waals surface area contributed by atoms with Crippen molar-refractivity contribution in [2.24, 2.45) is 0 Å². The van der Waals surface area contributed by atoms with Crippen LogP contribution in [0.25, 0.3) is 0 Å². The van der Waals surface area contributed by atoms with Gasteiger partial charge < -0.3 is 14.4 Å². The predicted octanol–water partition coefficient (Wildman–Crippen LogP) is 4.68. The number of nitrogens with zero attached hydrogens (tertiary/aromatic N) is 1. The maximum absolute atomic E-state index is 12.4. The minimum atomic E-state index is -2.95. The molecule has 0 saturated carbocycles. The third kappa shape index (κ3) is 6.30. The van der Waals surface area contributed by atoms with Crippen LogP contribution < -0.4 is 9.47 Å². The lowest BCUT2D eigenvalue weighted by Gasteiger charge is -2.18. The number of alkyl halides is 2. The van der Waals surface area contributed by atoms with E-state index in [0.717, 1.165) is 4.47 Å². The molecule has 0 aliphatic rings. The molecule has 5 nitrogen and oxygen atoms in total. The Kier molecular flexibility index (Phi) is 7.92. The zero-order chi connectivity index (χ0) is 20.7. The highest BCUT2D eigenvalue weighted by Gasteiger charge is 2.15. The molecule has 2 aromatic carbocycles. The molecule has 2 aromatic rings. The molecular formula is C20H20BrF2NO4. The second-order valence-electron chi connectivity index (χ2n) is 6.04. The van der Waals surface area contributed by atoms with Crippen molar-refractivity contribution in [3.05, 3.63) is 58.1 Å². The van der Waals surface area contributed by atoms with Gasteiger partial charge in [0.25, 0.3) is 0 Å². The molecule has 0 unspecified atom stereocenters. The van der Waals surface area contributed by atoms with Crippen molar-refractivity contribution in [3.8, 4) is 11.5 Å². The van der Waals surface area contributed by atoms with Gasteiger partial charge in [-0.15, -0.1) is 0 Å². The van der Waals surface area contributed by atoms with Gasteiger partial charge in [-0.1, -0.05) is 34.1 Å². The smallest absolute Gasteiger partial charge is 0.387 e. The van der Waals surface area contributed by atoms with Crippen LogP contribution in [0.4, 0.5) is 8.78 Å². The Labute approximate surface area is 170 Å². The highest BCUT2D eigenvalue weighted by molar-refractivity contribution is 9.10. The number of amides is 1. The molecule has 1 amide bonds. The first-order valence-corrected chi connectivity index (χ1v) is 9.24. The third-order valence-corrected chi connectivity index (χ3v) is 4.55. The highest BCUT2D eigenvalue weighted by atomic mass is 79.9. The average Bonchev–Trinajstić information content (AvgIpc) is 2.67. The Morgan fingerprint density at radius 1 is 1.07 bits per heavy atom. The summed E-state index contributed by atoms with van der Waals surface area (Å²) >= 11 is 3.31. The molecule has 0 atom stereocenters. The van der Waals surface area contributed by atoms with Crippen LogP contribution in [0.1, 0.15) is 28.8 Å². The van der Waals surface area contributed by atoms with Crippen LogP contribution in [-0.4, -0.2) is 37.4 Å². The van der Waals surface area contributed by atoms with Crippen LogP contribution in [0.2, 0.25) is 0 Å². The van der Waals surface area contributed by atoms with Gasteiger partial charge in [-0.25, -0.2) is 0 Å². The van der Waals surface area contributed by atoms with Gasteiger partial charge in [0.05, 0.1) is 7.11 Å². The molecule has 8 heteroatoms. The predicted molar refractivity (Wildman–Crippen MR) is 104 cm³/mol. The Morgan fingerprint density at radius 2 is 1.75 bits per heavy atom. The van der Waals surface area contributed by atoms with E-state index in [1.165, 1.54) is 24.1 Å². The van der Waals surface area contributed by atoms with Crippen LogP contribution in [0, 0.1) is 0 Å². The lowest BCUT2D eigenvalue weighted by atomic mass is 10.1. The van der Waals surface area contributed by atoms with E-state index in [1.54, 1.807) is 37.4 Å². The van der Waals surface area contributed by atoms with Crippen molar-refractivity contribution >= 4 is 27.6 Å². The zero-order valence-corrected chi connectivity index (χ0v) is 17.0. The molecule has 0 aliphatic carbocycles. The van der Waals surface area contributed by atoms with Crippen LogP contribution >= 0.6 is 15.9 Å². The number of hydrogen-bond donors (Lipinski definition) is 0. The van der Waals surface area contributed by atoms with Crippen LogP contribution in [0.5, 0.6) is 11.5 Å². The first-order chi connectivity index (χ1) is 13.3. The first-order valence-electron chi connectivity index (χ1n) is 8.44. The molecule has 0 N–H and O–H groups in total. The summed E-state index contributed by atoms with van der Waals surface area (Å²) in [7, 11) is 2.96. The van der Waals surface area contributed by atoms with Gasteiger partial charge >= 0.3 is 6.61 Å². The minimum absolute atomic E-state index is 0.0738. The molecule has 0 radical (unpaired) electrons. The van der Waals surface area contributed by atoms with E-state index in [-0.39, 0.29) is 42.6 Å². The highest BCUT2D eigenvalue weighted by Crippen LogP contribution is 2.29. The molecule has 0 aliphatic heterocycles. The third-order valence-electron chi connectivity index (χ3n) is 4.02. The molecular weight excluding hydrogens is 436 g/mol. The van der Waals surface area contributed by atoms with E-state index in [4.69, 9.17) is 4.74 Å². The lowest BCUT2D eigenvalue weighted by molar-refractivity contribution is -0.130. The lowest BCUT2D eigenvalue weighted by Crippen LogP contribution is -2.26. The number of benzene rings is 2. The van der Waals surface area contributed by atoms with Crippen LogP contribution in [0.15, 0.2) is 46.9 Å². The van der Waals surface area contributed by atoms with E-state index >= 15 is 0 Å². The Hall–Kier alpha value is -2.48. The summed E-state index contributed by atoms with van der Waals surface area (Å²) in [6, 6.07) is 11.4. The van der Waals surface area contributed by atoms with Crippen LogP contribution in [0.3, 0.4) is 0 Å². The van der Waals surface area contributed by atoms with Crippen molar-refractivity contribution in [2.45, 2.75) is 26.0 Å². The monoisotopic (exact) mass is 455 g/mol. The maximum atomic E-state index is 12.4. The molecule has 28 heavy (non-hydrogen) atoms. The standard InChI is InChI=1S/C20H20BrF2NO4/c1-24(12-13-3-9-17(28-20(22)23)18(11-13)27-2)19(26)10-8-16(25)14-4-6-15(21)7-5-14/h3-7,9,11,20H,8,10,12H2,1-2H3. The molecule has 0 fully saturated rings. The normalized spacial score (nSPS) is 10.6. The number of halogens is 3. The van der Waals surface area contributed by atoms with Gasteiger partial charge in [0.2, 0.25) is 5.91 Å². The Bertz CT molecular complexity index is 827. The number of Topliss-reactive ketones (excluding diaryl/α,β-unsaturated/α-hetero) is 1. The number of ketones is 1. The SMILES string of the molecule is COc1cc(CN(C)C(=O)CCC(=O)c2ccc(Br)cc2)ccc1OC(F)F. The number of rotatable bonds is 9. The van der Waals surface area contributed by atoms with Crippen molar-refractivity contribution in [1.29, 1.82) is 0 Å². The number of methoxy groups -OCH3 is 1. The molecule has 0 heterocycles. The van der Waals surface area contributed by atoms with Gasteiger partial charge in [-0.05, 0) is 29.8 Å². The van der Waals surface area contributed by atoms with Gasteiger partial charge in [0.1, 0.15) is 0 Å². The second-order valence-corrected chi connectivity index (χ2v) is 6.96. The van der Waals surface area contributed by atoms with Crippen molar-refractivity contribution in [1.82, 2.24) is 4.90 Å². The van der Waals surface area contributed by atoms with Gasteiger partial charge in [0, 0.05) is 36.5 Å². The van der Waals surface area contributed by atoms with Crippen molar-refractivity contribution in [2.75, 3.05) is 14.2 Å². The Morgan fingerprint density at radius 3 is 2.36 bits per heavy atom. The molecule has 0 aromatic heterocycles. The van der Waals surface area contributed by atoms with Gasteiger partial charge in [-0.2, -0.15) is 8.78 Å². The second kappa shape index (κ2) is 10.2. The van der Waals surface area contributed by atoms with Gasteiger partial charge in [-0.3, -0.25) is 9.59 Å². The van der Waals surface area contributed by atoms with E-state index in [2.05, 4.69) is 20.7 Å². The summed E-state index contributed by atoms with van der Waals surface area (Å²) in [6.45, 7) is -2.70. The van der Waals surface area contributed by atoms with E-state index < -0.39 is 6.61 Å². The quantitative estimate of drug-likeness (QED) is 0.515. The maximum Gasteiger partial charge on any atom is 0.387 e. The summed E-state index contributed by atoms with van der Waals surface area (Å²) in [6.07, 6.45) is 0.185. The number of carbonyl (C=O) groups excluding carboxylic acids is 2. The number of ether oxygens (including phenoxy) is 2. The summed E-state index contributed by atoms with van der Waals surface area (Å²) in [5.41, 5.74) is 1.24. The average molecular weight is 456 g/mol. The molecule has 2 rings (SSSR count). The van der Waals surface area contributed by atoms with E-state index in [0.29, 0.717) is 11.1 Å². The fourth-order valence-corrected chi connectivity index (χ4v) is 2.82. The Balaban J connectivity index is 1.92. The summed E-state index contributed by atoms with van der Waals surface area (Å²) in [5.74, 6) is -0.221. The zero-order valence-electron chi connectivity index (χ0n) is 15.5. The fraction of sp³-hybridized carbons (Fsp3) is 0.300. The summed E-state index contributed by atoms with van der Waals surface area (Å²) < 4.78 is 35.1. The van der Waals surface area contributed by atoms with E-state index in [9.17, 15) is 18.4 Å². The topological polar surface area (TPSA) is 55.8 Å². The summed E-state index contributed by atoms with van der Waals surface area (Å²) in [5, 5.41) is 0. The van der Waals surface area contributed by atoms with Crippen molar-refractivity contribution in [3.63, 3.8) is 0 Å². The summed E-state index contributed by atoms with van der Waals surface area (Å²) in [4.78, 5) is 26.0. The minimum Gasteiger partial charge on any atom is -0.493 e. The molecule has 0 spiro atoms. The molecule has 0 bridgehead atoms. The number of hydrogen-bond acceptors (Lipinski definition) is 4. The van der Waals surface area contributed by atoms with Gasteiger partial charge in [0.15, 0.2) is 17.3 Å². The fourth-order valence-electron chi connectivity index (χ4n) is 2.56. The largest absolute Gasteiger partial charge is 0.493 e. The van der Waals surface area contributed by atoms with Crippen molar-refractivity contribution < 1.29 is 27.8 Å².